The Morgan fingerprint density at radius 2 is 1.86 bits per heavy atom. The number of aromatic carboxylic acids is 1. The molecule has 3 rings (SSSR count). The van der Waals surface area contributed by atoms with Gasteiger partial charge in [0.05, 0.1) is 5.56 Å². The number of aromatic nitrogens is 3. The summed E-state index contributed by atoms with van der Waals surface area (Å²) in [7, 11) is 0. The first-order valence-corrected chi connectivity index (χ1v) is 7.64. The Labute approximate surface area is 154 Å². The summed E-state index contributed by atoms with van der Waals surface area (Å²) < 4.78 is 59.4. The van der Waals surface area contributed by atoms with Crippen molar-refractivity contribution in [1.29, 1.82) is 0 Å². The van der Waals surface area contributed by atoms with Gasteiger partial charge in [0.1, 0.15) is 18.2 Å². The summed E-state index contributed by atoms with van der Waals surface area (Å²) in [6.07, 6.45) is -4.79. The molecule has 11 heteroatoms. The molecule has 0 aliphatic rings. The van der Waals surface area contributed by atoms with E-state index in [1.807, 2.05) is 0 Å². The normalized spacial score (nSPS) is 11.3. The maximum atomic E-state index is 13.9. The van der Waals surface area contributed by atoms with Gasteiger partial charge in [-0.15, -0.1) is 18.3 Å². The third-order valence-electron chi connectivity index (χ3n) is 3.48. The van der Waals surface area contributed by atoms with E-state index in [1.165, 1.54) is 24.3 Å². The van der Waals surface area contributed by atoms with E-state index in [4.69, 9.17) is 9.84 Å². The highest BCUT2D eigenvalue weighted by Crippen LogP contribution is 2.25. The van der Waals surface area contributed by atoms with E-state index in [9.17, 15) is 22.4 Å². The van der Waals surface area contributed by atoms with Gasteiger partial charge >= 0.3 is 18.3 Å². The second-order valence-corrected chi connectivity index (χ2v) is 5.44. The predicted molar refractivity (Wildman–Crippen MR) is 86.2 cm³/mol. The summed E-state index contributed by atoms with van der Waals surface area (Å²) in [5, 5.41) is 15.1. The smallest absolute Gasteiger partial charge is 0.478 e. The molecule has 28 heavy (non-hydrogen) atoms. The zero-order chi connectivity index (χ0) is 20.3. The molecule has 0 spiro atoms. The summed E-state index contributed by atoms with van der Waals surface area (Å²) in [6, 6.07) is 8.17. The van der Waals surface area contributed by atoms with Gasteiger partial charge in [-0.05, 0) is 36.4 Å². The maximum absolute atomic E-state index is 13.9. The van der Waals surface area contributed by atoms with Crippen LogP contribution in [0.1, 0.15) is 15.9 Å². The molecule has 0 bridgehead atoms. The Balaban J connectivity index is 1.65. The van der Waals surface area contributed by atoms with Gasteiger partial charge in [0, 0.05) is 11.1 Å². The van der Waals surface area contributed by atoms with Gasteiger partial charge in [0.2, 0.25) is 0 Å². The van der Waals surface area contributed by atoms with Crippen LogP contribution in [0.4, 0.5) is 17.6 Å². The van der Waals surface area contributed by atoms with Crippen LogP contribution in [-0.2, 0) is 6.61 Å². The molecule has 0 atom stereocenters. The minimum Gasteiger partial charge on any atom is -0.478 e. The van der Waals surface area contributed by atoms with Gasteiger partial charge in [-0.2, -0.15) is 4.98 Å². The van der Waals surface area contributed by atoms with Crippen molar-refractivity contribution in [2.24, 2.45) is 0 Å². The average Bonchev–Trinajstić information content (AvgIpc) is 3.09. The van der Waals surface area contributed by atoms with Crippen molar-refractivity contribution < 1.29 is 36.9 Å². The Bertz CT molecular complexity index is 987. The molecule has 0 saturated heterocycles. The molecule has 0 amide bonds. The van der Waals surface area contributed by atoms with E-state index in [0.717, 1.165) is 18.2 Å². The molecule has 0 aliphatic carbocycles. The molecule has 0 aliphatic heterocycles. The second kappa shape index (κ2) is 7.55. The lowest BCUT2D eigenvalue weighted by atomic mass is 10.1. The molecule has 7 nitrogen and oxygen atoms in total. The summed E-state index contributed by atoms with van der Waals surface area (Å²) >= 11 is 0. The summed E-state index contributed by atoms with van der Waals surface area (Å²) in [4.78, 5) is 14.8. The minimum atomic E-state index is -4.79. The van der Waals surface area contributed by atoms with Crippen molar-refractivity contribution in [2.75, 3.05) is 0 Å². The number of nitrogens with one attached hydrogen (secondary N) is 1. The third kappa shape index (κ3) is 4.75. The van der Waals surface area contributed by atoms with Crippen molar-refractivity contribution in [3.8, 4) is 23.1 Å². The number of rotatable bonds is 6. The molecule has 146 valence electrons. The molecule has 3 aromatic rings. The minimum absolute atomic E-state index is 0.102. The van der Waals surface area contributed by atoms with Crippen molar-refractivity contribution in [3.63, 3.8) is 0 Å². The first-order valence-electron chi connectivity index (χ1n) is 7.64. The molecule has 1 heterocycles. The van der Waals surface area contributed by atoms with Crippen LogP contribution >= 0.6 is 0 Å². The van der Waals surface area contributed by atoms with E-state index in [0.29, 0.717) is 5.56 Å². The topological polar surface area (TPSA) is 97.3 Å². The van der Waals surface area contributed by atoms with Crippen molar-refractivity contribution in [1.82, 2.24) is 15.2 Å². The fraction of sp³-hybridized carbons (Fsp3) is 0.118. The van der Waals surface area contributed by atoms with Crippen LogP contribution < -0.4 is 9.47 Å². The number of halogens is 4. The highest BCUT2D eigenvalue weighted by molar-refractivity contribution is 5.87. The number of benzene rings is 2. The highest BCUT2D eigenvalue weighted by Gasteiger charge is 2.31. The van der Waals surface area contributed by atoms with Crippen LogP contribution in [0.3, 0.4) is 0 Å². The second-order valence-electron chi connectivity index (χ2n) is 5.44. The summed E-state index contributed by atoms with van der Waals surface area (Å²) in [5.41, 5.74) is 0.332. The van der Waals surface area contributed by atoms with E-state index in [-0.39, 0.29) is 35.3 Å². The number of hydrogen-bond donors (Lipinski definition) is 2. The monoisotopic (exact) mass is 397 g/mol. The molecular formula is C17H11F4N3O4. The predicted octanol–water partition coefficient (Wildman–Crippen LogP) is 3.79. The number of nitrogens with zero attached hydrogens (tertiary/aromatic N) is 2. The Morgan fingerprint density at radius 3 is 2.46 bits per heavy atom. The standard InChI is InChI=1S/C17H11F4N3O4/c18-13-7-10(15(25)26)1-2-11(13)8-27-16-22-14(23-24-16)9-3-5-12(6-4-9)28-17(19,20)21/h1-7H,8H2,(H,25,26)(H,22,23,24). The molecule has 0 radical (unpaired) electrons. The summed E-state index contributed by atoms with van der Waals surface area (Å²) in [5.74, 6) is -2.17. The number of carbonyl (C=O) groups is 1. The first-order chi connectivity index (χ1) is 13.2. The van der Waals surface area contributed by atoms with Crippen LogP contribution in [0, 0.1) is 5.82 Å². The lowest BCUT2D eigenvalue weighted by Gasteiger charge is -2.08. The zero-order valence-corrected chi connectivity index (χ0v) is 13.8. The van der Waals surface area contributed by atoms with Crippen LogP contribution in [0.15, 0.2) is 42.5 Å². The lowest BCUT2D eigenvalue weighted by Crippen LogP contribution is -2.16. The molecule has 0 unspecified atom stereocenters. The quantitative estimate of drug-likeness (QED) is 0.615. The van der Waals surface area contributed by atoms with E-state index < -0.39 is 18.1 Å². The largest absolute Gasteiger partial charge is 0.573 e. The first kappa shape index (κ1) is 19.1. The number of carboxylic acids is 1. The highest BCUT2D eigenvalue weighted by atomic mass is 19.4. The lowest BCUT2D eigenvalue weighted by molar-refractivity contribution is -0.274. The molecule has 2 aromatic carbocycles. The van der Waals surface area contributed by atoms with Gasteiger partial charge in [0.25, 0.3) is 0 Å². The number of ether oxygens (including phenoxy) is 2. The molecule has 2 N–H and O–H groups in total. The van der Waals surface area contributed by atoms with Crippen LogP contribution in [-0.4, -0.2) is 32.6 Å². The van der Waals surface area contributed by atoms with Gasteiger partial charge in [0.15, 0.2) is 5.82 Å². The number of aromatic amines is 1. The van der Waals surface area contributed by atoms with Crippen molar-refractivity contribution >= 4 is 5.97 Å². The van der Waals surface area contributed by atoms with Gasteiger partial charge < -0.3 is 14.6 Å². The van der Waals surface area contributed by atoms with E-state index >= 15 is 0 Å². The number of alkyl halides is 3. The van der Waals surface area contributed by atoms with Crippen molar-refractivity contribution in [3.05, 3.63) is 59.4 Å². The van der Waals surface area contributed by atoms with Crippen LogP contribution in [0.2, 0.25) is 0 Å². The number of hydrogen-bond acceptors (Lipinski definition) is 5. The zero-order valence-electron chi connectivity index (χ0n) is 13.8. The third-order valence-corrected chi connectivity index (χ3v) is 3.48. The van der Waals surface area contributed by atoms with E-state index in [2.05, 4.69) is 19.9 Å². The fourth-order valence-corrected chi connectivity index (χ4v) is 2.19. The van der Waals surface area contributed by atoms with Gasteiger partial charge in [-0.25, -0.2) is 9.18 Å². The Kier molecular flexibility index (Phi) is 5.16. The van der Waals surface area contributed by atoms with Crippen molar-refractivity contribution in [2.45, 2.75) is 13.0 Å². The molecular weight excluding hydrogens is 386 g/mol. The average molecular weight is 397 g/mol. The SMILES string of the molecule is O=C(O)c1ccc(COc2n[nH]c(-c3ccc(OC(F)(F)F)cc3)n2)c(F)c1. The maximum Gasteiger partial charge on any atom is 0.573 e. The van der Waals surface area contributed by atoms with Gasteiger partial charge in [-0.1, -0.05) is 6.07 Å². The molecule has 1 aromatic heterocycles. The molecule has 0 saturated carbocycles. The van der Waals surface area contributed by atoms with Gasteiger partial charge in [-0.3, -0.25) is 5.10 Å². The van der Waals surface area contributed by atoms with Crippen LogP contribution in [0.5, 0.6) is 11.8 Å². The number of carboxylic acid groups (broad SMARTS) is 1. The summed E-state index contributed by atoms with van der Waals surface area (Å²) in [6.45, 7) is -0.249. The molecule has 0 fully saturated rings. The fourth-order valence-electron chi connectivity index (χ4n) is 2.19. The Hall–Kier alpha value is -3.63. The van der Waals surface area contributed by atoms with E-state index in [1.54, 1.807) is 0 Å². The number of H-pyrrole nitrogens is 1. The van der Waals surface area contributed by atoms with Crippen LogP contribution in [0.25, 0.3) is 11.4 Å². The Morgan fingerprint density at radius 1 is 1.14 bits per heavy atom.